The van der Waals surface area contributed by atoms with Crippen molar-refractivity contribution >= 4 is 27.8 Å². The van der Waals surface area contributed by atoms with Gasteiger partial charge >= 0.3 is 0 Å². The number of nitrogens with one attached hydrogen (secondary N) is 1. The fourth-order valence-corrected chi connectivity index (χ4v) is 3.65. The van der Waals surface area contributed by atoms with Crippen LogP contribution >= 0.6 is 0 Å². The lowest BCUT2D eigenvalue weighted by Crippen LogP contribution is -2.25. The summed E-state index contributed by atoms with van der Waals surface area (Å²) >= 11 is 0. The Bertz CT molecular complexity index is 1140. The summed E-state index contributed by atoms with van der Waals surface area (Å²) in [7, 11) is 1.94. The van der Waals surface area contributed by atoms with Crippen LogP contribution in [0.2, 0.25) is 0 Å². The monoisotopic (exact) mass is 361 g/mol. The highest BCUT2D eigenvalue weighted by atomic mass is 16.1. The summed E-state index contributed by atoms with van der Waals surface area (Å²) in [5.74, 6) is -0.115. The molecule has 4 rings (SSSR count). The number of aryl methyl sites for hydroxylation is 2. The van der Waals surface area contributed by atoms with E-state index in [2.05, 4.69) is 51.9 Å². The van der Waals surface area contributed by atoms with Gasteiger partial charge in [-0.25, -0.2) is 0 Å². The van der Waals surface area contributed by atoms with Gasteiger partial charge in [0.15, 0.2) is 0 Å². The number of benzene rings is 1. The molecule has 0 spiro atoms. The molecule has 0 aliphatic carbocycles. The molecule has 0 atom stereocenters. The molecule has 1 amide bonds. The van der Waals surface area contributed by atoms with E-state index in [4.69, 9.17) is 0 Å². The summed E-state index contributed by atoms with van der Waals surface area (Å²) in [6, 6.07) is 10.6. The molecular formula is C21H23N5O. The summed E-state index contributed by atoms with van der Waals surface area (Å²) < 4.78 is 4.26. The SMILES string of the molecule is Cc1cnc(CNC(=O)c2cc3c(c4ccccc4n3C(C)C)n2C)cn1. The van der Waals surface area contributed by atoms with Crippen LogP contribution in [-0.2, 0) is 13.6 Å². The molecule has 3 heterocycles. The van der Waals surface area contributed by atoms with Gasteiger partial charge < -0.3 is 14.5 Å². The minimum Gasteiger partial charge on any atom is -0.345 e. The Labute approximate surface area is 157 Å². The van der Waals surface area contributed by atoms with Gasteiger partial charge in [0.1, 0.15) is 5.69 Å². The molecule has 3 aromatic heterocycles. The molecule has 0 unspecified atom stereocenters. The van der Waals surface area contributed by atoms with E-state index < -0.39 is 0 Å². The Morgan fingerprint density at radius 2 is 1.93 bits per heavy atom. The maximum atomic E-state index is 12.8. The molecule has 0 bridgehead atoms. The molecule has 0 radical (unpaired) electrons. The van der Waals surface area contributed by atoms with Crippen molar-refractivity contribution in [2.45, 2.75) is 33.4 Å². The van der Waals surface area contributed by atoms with Crippen molar-refractivity contribution in [3.05, 3.63) is 59.8 Å². The minimum absolute atomic E-state index is 0.115. The fourth-order valence-electron chi connectivity index (χ4n) is 3.65. The maximum absolute atomic E-state index is 12.8. The number of carbonyl (C=O) groups is 1. The van der Waals surface area contributed by atoms with Crippen molar-refractivity contribution in [1.82, 2.24) is 24.4 Å². The van der Waals surface area contributed by atoms with E-state index in [1.165, 1.54) is 5.52 Å². The van der Waals surface area contributed by atoms with Crippen LogP contribution < -0.4 is 5.32 Å². The molecule has 138 valence electrons. The lowest BCUT2D eigenvalue weighted by atomic mass is 10.2. The van der Waals surface area contributed by atoms with E-state index in [1.54, 1.807) is 12.4 Å². The molecule has 6 nitrogen and oxygen atoms in total. The van der Waals surface area contributed by atoms with Gasteiger partial charge in [-0.3, -0.25) is 14.8 Å². The standard InChI is InChI=1S/C21H23N5O/c1-13(2)26-17-8-6-5-7-16(17)20-18(26)9-19(25(20)4)21(27)24-12-15-11-22-14(3)10-23-15/h5-11,13H,12H2,1-4H3,(H,24,27). The van der Waals surface area contributed by atoms with Gasteiger partial charge in [-0.15, -0.1) is 0 Å². The molecule has 0 aliphatic heterocycles. The Kier molecular flexibility index (Phi) is 4.18. The zero-order valence-electron chi connectivity index (χ0n) is 16.0. The van der Waals surface area contributed by atoms with Crippen molar-refractivity contribution in [3.63, 3.8) is 0 Å². The van der Waals surface area contributed by atoms with Crippen LogP contribution in [0.4, 0.5) is 0 Å². The predicted octanol–water partition coefficient (Wildman–Crippen LogP) is 3.74. The Balaban J connectivity index is 1.72. The summed E-state index contributed by atoms with van der Waals surface area (Å²) in [6.07, 6.45) is 3.40. The molecule has 4 aromatic rings. The highest BCUT2D eigenvalue weighted by molar-refractivity contribution is 6.10. The van der Waals surface area contributed by atoms with E-state index in [0.29, 0.717) is 18.3 Å². The van der Waals surface area contributed by atoms with Gasteiger partial charge in [0.2, 0.25) is 0 Å². The van der Waals surface area contributed by atoms with Gasteiger partial charge in [-0.2, -0.15) is 0 Å². The second-order valence-electron chi connectivity index (χ2n) is 7.14. The topological polar surface area (TPSA) is 64.7 Å². The molecule has 27 heavy (non-hydrogen) atoms. The van der Waals surface area contributed by atoms with E-state index in [-0.39, 0.29) is 5.91 Å². The Morgan fingerprint density at radius 3 is 2.63 bits per heavy atom. The van der Waals surface area contributed by atoms with E-state index in [9.17, 15) is 4.79 Å². The Hall–Kier alpha value is -3.15. The van der Waals surface area contributed by atoms with Gasteiger partial charge in [0.25, 0.3) is 5.91 Å². The summed E-state index contributed by atoms with van der Waals surface area (Å²) in [5.41, 5.74) is 5.59. The largest absolute Gasteiger partial charge is 0.345 e. The number of nitrogens with zero attached hydrogens (tertiary/aromatic N) is 4. The van der Waals surface area contributed by atoms with Crippen molar-refractivity contribution < 1.29 is 4.79 Å². The average molecular weight is 361 g/mol. The average Bonchev–Trinajstić information content (AvgIpc) is 3.15. The zero-order valence-corrected chi connectivity index (χ0v) is 16.0. The van der Waals surface area contributed by atoms with Crippen LogP contribution in [0.5, 0.6) is 0 Å². The first-order chi connectivity index (χ1) is 13.0. The normalized spacial score (nSPS) is 11.6. The number of aromatic nitrogens is 4. The number of fused-ring (bicyclic) bond motifs is 3. The minimum atomic E-state index is -0.115. The van der Waals surface area contributed by atoms with Gasteiger partial charge in [-0.1, -0.05) is 18.2 Å². The molecule has 0 fully saturated rings. The summed E-state index contributed by atoms with van der Waals surface area (Å²) in [4.78, 5) is 21.3. The quantitative estimate of drug-likeness (QED) is 0.602. The maximum Gasteiger partial charge on any atom is 0.268 e. The molecule has 1 N–H and O–H groups in total. The second kappa shape index (κ2) is 6.54. The lowest BCUT2D eigenvalue weighted by molar-refractivity contribution is 0.0942. The fraction of sp³-hybridized carbons (Fsp3) is 0.286. The molecule has 1 aromatic carbocycles. The number of carbonyl (C=O) groups excluding carboxylic acids is 1. The molecule has 0 saturated heterocycles. The molecule has 0 saturated carbocycles. The number of para-hydroxylation sites is 1. The molecule has 0 aliphatic rings. The second-order valence-corrected chi connectivity index (χ2v) is 7.14. The third-order valence-electron chi connectivity index (χ3n) is 4.90. The number of hydrogen-bond donors (Lipinski definition) is 1. The van der Waals surface area contributed by atoms with Gasteiger partial charge in [-0.05, 0) is 32.9 Å². The first-order valence-corrected chi connectivity index (χ1v) is 9.11. The van der Waals surface area contributed by atoms with Crippen LogP contribution in [0.3, 0.4) is 0 Å². The molecule has 6 heteroatoms. The van der Waals surface area contributed by atoms with Crippen LogP contribution in [0.25, 0.3) is 21.9 Å². The smallest absolute Gasteiger partial charge is 0.268 e. The van der Waals surface area contributed by atoms with Crippen LogP contribution in [-0.4, -0.2) is 25.0 Å². The Morgan fingerprint density at radius 1 is 1.15 bits per heavy atom. The summed E-state index contributed by atoms with van der Waals surface area (Å²) in [5, 5.41) is 4.11. The van der Waals surface area contributed by atoms with Crippen molar-refractivity contribution in [1.29, 1.82) is 0 Å². The highest BCUT2D eigenvalue weighted by Gasteiger charge is 2.20. The van der Waals surface area contributed by atoms with E-state index in [0.717, 1.165) is 27.8 Å². The van der Waals surface area contributed by atoms with Crippen LogP contribution in [0.1, 0.15) is 41.8 Å². The summed E-state index contributed by atoms with van der Waals surface area (Å²) in [6.45, 7) is 6.56. The van der Waals surface area contributed by atoms with Crippen molar-refractivity contribution in [2.75, 3.05) is 0 Å². The third-order valence-corrected chi connectivity index (χ3v) is 4.90. The first kappa shape index (κ1) is 17.3. The van der Waals surface area contributed by atoms with Crippen molar-refractivity contribution in [3.8, 4) is 0 Å². The zero-order chi connectivity index (χ0) is 19.1. The van der Waals surface area contributed by atoms with Gasteiger partial charge in [0, 0.05) is 24.7 Å². The predicted molar refractivity (Wildman–Crippen MR) is 107 cm³/mol. The van der Waals surface area contributed by atoms with Crippen LogP contribution in [0.15, 0.2) is 42.7 Å². The number of hydrogen-bond acceptors (Lipinski definition) is 3. The van der Waals surface area contributed by atoms with Crippen LogP contribution in [0, 0.1) is 6.92 Å². The van der Waals surface area contributed by atoms with E-state index in [1.807, 2.05) is 30.7 Å². The van der Waals surface area contributed by atoms with Gasteiger partial charge in [0.05, 0.1) is 40.7 Å². The third kappa shape index (κ3) is 2.87. The van der Waals surface area contributed by atoms with Crippen molar-refractivity contribution in [2.24, 2.45) is 7.05 Å². The lowest BCUT2D eigenvalue weighted by Gasteiger charge is -2.10. The highest BCUT2D eigenvalue weighted by Crippen LogP contribution is 2.33. The number of amides is 1. The first-order valence-electron chi connectivity index (χ1n) is 9.11. The van der Waals surface area contributed by atoms with E-state index >= 15 is 0 Å². The number of rotatable bonds is 4. The molecular weight excluding hydrogens is 338 g/mol.